The first-order valence-electron chi connectivity index (χ1n) is 6.78. The molecule has 18 heavy (non-hydrogen) atoms. The molecule has 2 amide bonds. The van der Waals surface area contributed by atoms with Gasteiger partial charge in [-0.25, -0.2) is 0 Å². The van der Waals surface area contributed by atoms with Crippen LogP contribution in [0.1, 0.15) is 39.0 Å². The summed E-state index contributed by atoms with van der Waals surface area (Å²) in [5, 5.41) is 2.81. The van der Waals surface area contributed by atoms with Crippen LogP contribution < -0.4 is 11.1 Å². The van der Waals surface area contributed by atoms with Crippen LogP contribution in [0, 0.1) is 17.8 Å². The van der Waals surface area contributed by atoms with E-state index in [1.54, 1.807) is 6.08 Å². The highest BCUT2D eigenvalue weighted by atomic mass is 16.2. The molecule has 1 fully saturated rings. The lowest BCUT2D eigenvalue weighted by Crippen LogP contribution is -2.41. The number of allylic oxidation sites excluding steroid dienone is 1. The first-order chi connectivity index (χ1) is 8.60. The van der Waals surface area contributed by atoms with Crippen LogP contribution in [0.5, 0.6) is 0 Å². The summed E-state index contributed by atoms with van der Waals surface area (Å²) in [5.41, 5.74) is 5.43. The average Bonchev–Trinajstić information content (AvgIpc) is 2.25. The van der Waals surface area contributed by atoms with Crippen LogP contribution in [0.15, 0.2) is 12.7 Å². The second-order valence-electron chi connectivity index (χ2n) is 5.07. The Morgan fingerprint density at radius 3 is 2.50 bits per heavy atom. The summed E-state index contributed by atoms with van der Waals surface area (Å²) in [4.78, 5) is 23.6. The minimum Gasteiger partial charge on any atom is -0.369 e. The maximum absolute atomic E-state index is 12.1. The van der Waals surface area contributed by atoms with Crippen molar-refractivity contribution < 1.29 is 9.59 Å². The summed E-state index contributed by atoms with van der Waals surface area (Å²) in [6, 6.07) is 0. The molecule has 0 saturated heterocycles. The fraction of sp³-hybridized carbons (Fsp3) is 0.714. The highest BCUT2D eigenvalue weighted by Gasteiger charge is 2.34. The number of hydrogen-bond donors (Lipinski definition) is 2. The molecule has 1 aliphatic rings. The van der Waals surface area contributed by atoms with E-state index < -0.39 is 11.8 Å². The Hall–Kier alpha value is -1.32. The van der Waals surface area contributed by atoms with Crippen LogP contribution in [-0.2, 0) is 9.59 Å². The minimum atomic E-state index is -0.422. The van der Waals surface area contributed by atoms with Crippen molar-refractivity contribution in [1.29, 1.82) is 0 Å². The van der Waals surface area contributed by atoms with E-state index in [0.29, 0.717) is 18.9 Å². The third-order valence-corrected chi connectivity index (χ3v) is 3.77. The van der Waals surface area contributed by atoms with Crippen molar-refractivity contribution in [3.63, 3.8) is 0 Å². The van der Waals surface area contributed by atoms with Crippen LogP contribution in [0.4, 0.5) is 0 Å². The Kier molecular flexibility index (Phi) is 5.89. The van der Waals surface area contributed by atoms with Crippen LogP contribution in [-0.4, -0.2) is 18.4 Å². The summed E-state index contributed by atoms with van der Waals surface area (Å²) in [6.45, 7) is 6.11. The van der Waals surface area contributed by atoms with Gasteiger partial charge in [-0.3, -0.25) is 9.59 Å². The molecule has 1 aliphatic carbocycles. The first-order valence-corrected chi connectivity index (χ1v) is 6.78. The van der Waals surface area contributed by atoms with Crippen molar-refractivity contribution in [1.82, 2.24) is 5.32 Å². The SMILES string of the molecule is C=CC[C@H](C(N)=O)C(CC1CCC1)C(=O)NCC. The number of hydrogen-bond acceptors (Lipinski definition) is 2. The zero-order chi connectivity index (χ0) is 13.5. The van der Waals surface area contributed by atoms with E-state index in [1.165, 1.54) is 6.42 Å². The Balaban J connectivity index is 2.74. The van der Waals surface area contributed by atoms with E-state index in [-0.39, 0.29) is 11.8 Å². The molecular formula is C14H24N2O2. The topological polar surface area (TPSA) is 72.2 Å². The fourth-order valence-corrected chi connectivity index (χ4v) is 2.51. The molecule has 102 valence electrons. The van der Waals surface area contributed by atoms with Gasteiger partial charge in [0, 0.05) is 6.54 Å². The van der Waals surface area contributed by atoms with Crippen molar-refractivity contribution in [2.75, 3.05) is 6.54 Å². The van der Waals surface area contributed by atoms with Crippen molar-refractivity contribution in [3.05, 3.63) is 12.7 Å². The van der Waals surface area contributed by atoms with Gasteiger partial charge in [-0.05, 0) is 25.7 Å². The predicted molar refractivity (Wildman–Crippen MR) is 71.6 cm³/mol. The molecular weight excluding hydrogens is 228 g/mol. The molecule has 0 radical (unpaired) electrons. The zero-order valence-electron chi connectivity index (χ0n) is 11.2. The Bertz CT molecular complexity index is 311. The van der Waals surface area contributed by atoms with Gasteiger partial charge in [-0.15, -0.1) is 6.58 Å². The highest BCUT2D eigenvalue weighted by molar-refractivity contribution is 5.87. The normalized spacial score (nSPS) is 18.5. The van der Waals surface area contributed by atoms with E-state index in [1.807, 2.05) is 6.92 Å². The largest absolute Gasteiger partial charge is 0.369 e. The number of rotatable bonds is 8. The number of nitrogens with one attached hydrogen (secondary N) is 1. The second kappa shape index (κ2) is 7.19. The van der Waals surface area contributed by atoms with Crippen LogP contribution in [0.2, 0.25) is 0 Å². The molecule has 4 nitrogen and oxygen atoms in total. The first kappa shape index (κ1) is 14.7. The summed E-state index contributed by atoms with van der Waals surface area (Å²) in [5.74, 6) is -0.592. The molecule has 0 aliphatic heterocycles. The molecule has 0 aromatic carbocycles. The molecule has 0 heterocycles. The van der Waals surface area contributed by atoms with Gasteiger partial charge in [-0.2, -0.15) is 0 Å². The van der Waals surface area contributed by atoms with Gasteiger partial charge in [0.15, 0.2) is 0 Å². The Labute approximate surface area is 109 Å². The lowest BCUT2D eigenvalue weighted by molar-refractivity contribution is -0.134. The number of amides is 2. The quantitative estimate of drug-likeness (QED) is 0.644. The van der Waals surface area contributed by atoms with E-state index in [2.05, 4.69) is 11.9 Å². The molecule has 1 rings (SSSR count). The second-order valence-corrected chi connectivity index (χ2v) is 5.07. The maximum Gasteiger partial charge on any atom is 0.223 e. The van der Waals surface area contributed by atoms with Crippen LogP contribution in [0.3, 0.4) is 0 Å². The molecule has 0 bridgehead atoms. The molecule has 2 atom stereocenters. The van der Waals surface area contributed by atoms with Crippen LogP contribution >= 0.6 is 0 Å². The fourth-order valence-electron chi connectivity index (χ4n) is 2.51. The van der Waals surface area contributed by atoms with E-state index in [0.717, 1.165) is 19.3 Å². The van der Waals surface area contributed by atoms with Gasteiger partial charge < -0.3 is 11.1 Å². The molecule has 0 spiro atoms. The average molecular weight is 252 g/mol. The van der Waals surface area contributed by atoms with E-state index in [9.17, 15) is 9.59 Å². The molecule has 0 aromatic heterocycles. The van der Waals surface area contributed by atoms with E-state index in [4.69, 9.17) is 5.73 Å². The number of carbonyl (C=O) groups excluding carboxylic acids is 2. The maximum atomic E-state index is 12.1. The monoisotopic (exact) mass is 252 g/mol. The smallest absolute Gasteiger partial charge is 0.223 e. The minimum absolute atomic E-state index is 0.0462. The van der Waals surface area contributed by atoms with Crippen molar-refractivity contribution in [3.8, 4) is 0 Å². The number of nitrogens with two attached hydrogens (primary N) is 1. The van der Waals surface area contributed by atoms with Crippen molar-refractivity contribution >= 4 is 11.8 Å². The van der Waals surface area contributed by atoms with Gasteiger partial charge in [0.2, 0.25) is 11.8 Å². The van der Waals surface area contributed by atoms with Gasteiger partial charge in [0.05, 0.1) is 11.8 Å². The Morgan fingerprint density at radius 1 is 1.44 bits per heavy atom. The summed E-state index contributed by atoms with van der Waals surface area (Å²) in [6.07, 6.45) is 6.47. The molecule has 4 heteroatoms. The lowest BCUT2D eigenvalue weighted by Gasteiger charge is -2.31. The van der Waals surface area contributed by atoms with Gasteiger partial charge in [0.1, 0.15) is 0 Å². The van der Waals surface area contributed by atoms with Crippen LogP contribution in [0.25, 0.3) is 0 Å². The molecule has 1 saturated carbocycles. The highest BCUT2D eigenvalue weighted by Crippen LogP contribution is 2.35. The molecule has 3 N–H and O–H groups in total. The summed E-state index contributed by atoms with van der Waals surface area (Å²) < 4.78 is 0. The lowest BCUT2D eigenvalue weighted by atomic mass is 9.74. The zero-order valence-corrected chi connectivity index (χ0v) is 11.2. The third-order valence-electron chi connectivity index (χ3n) is 3.77. The summed E-state index contributed by atoms with van der Waals surface area (Å²) in [7, 11) is 0. The molecule has 0 aromatic rings. The van der Waals surface area contributed by atoms with Crippen molar-refractivity contribution in [2.45, 2.75) is 39.0 Å². The molecule has 1 unspecified atom stereocenters. The number of carbonyl (C=O) groups is 2. The van der Waals surface area contributed by atoms with Gasteiger partial charge in [-0.1, -0.05) is 25.3 Å². The predicted octanol–water partition coefficient (Wildman–Crippen LogP) is 1.61. The van der Waals surface area contributed by atoms with E-state index >= 15 is 0 Å². The number of primary amides is 1. The van der Waals surface area contributed by atoms with Crippen molar-refractivity contribution in [2.24, 2.45) is 23.5 Å². The summed E-state index contributed by atoms with van der Waals surface area (Å²) >= 11 is 0. The Morgan fingerprint density at radius 2 is 2.11 bits per heavy atom. The van der Waals surface area contributed by atoms with Gasteiger partial charge >= 0.3 is 0 Å². The third kappa shape index (κ3) is 3.86. The van der Waals surface area contributed by atoms with Gasteiger partial charge in [0.25, 0.3) is 0 Å². The standard InChI is InChI=1S/C14H24N2O2/c1-3-6-11(13(15)17)12(14(18)16-4-2)9-10-7-5-8-10/h3,10-12H,1,4-9H2,2H3,(H2,15,17)(H,16,18)/t11-,12?/m0/s1.